The standard InChI is InChI=1S/C17H25N5O4S2/c1-21(17-15-3-5-18-16(15)19-11-20-17)13-7-12(8-13)10-28(25,26)22-6-4-14(9-22)27(2,23)24/h3,5,11-14H,4,6-10H2,1-2H3,(H,18,19,20)/t12-,13+,14?. The van der Waals surface area contributed by atoms with Gasteiger partial charge in [0, 0.05) is 38.6 Å². The highest BCUT2D eigenvalue weighted by molar-refractivity contribution is 7.91. The minimum Gasteiger partial charge on any atom is -0.356 e. The van der Waals surface area contributed by atoms with Gasteiger partial charge in [0.2, 0.25) is 10.0 Å². The van der Waals surface area contributed by atoms with Gasteiger partial charge in [-0.2, -0.15) is 0 Å². The summed E-state index contributed by atoms with van der Waals surface area (Å²) in [7, 11) is -4.67. The summed E-state index contributed by atoms with van der Waals surface area (Å²) in [5, 5.41) is 0.369. The van der Waals surface area contributed by atoms with Crippen LogP contribution in [0.3, 0.4) is 0 Å². The van der Waals surface area contributed by atoms with E-state index in [0.29, 0.717) is 13.0 Å². The summed E-state index contributed by atoms with van der Waals surface area (Å²) < 4.78 is 50.1. The van der Waals surface area contributed by atoms with Crippen LogP contribution in [0.4, 0.5) is 5.82 Å². The highest BCUT2D eigenvalue weighted by Crippen LogP contribution is 2.36. The Kier molecular flexibility index (Phi) is 4.87. The van der Waals surface area contributed by atoms with Crippen molar-refractivity contribution in [2.24, 2.45) is 5.92 Å². The number of hydrogen-bond donors (Lipinski definition) is 1. The number of anilines is 1. The van der Waals surface area contributed by atoms with Gasteiger partial charge in [0.25, 0.3) is 0 Å². The first-order valence-electron chi connectivity index (χ1n) is 9.33. The van der Waals surface area contributed by atoms with Crippen LogP contribution in [0, 0.1) is 5.92 Å². The van der Waals surface area contributed by atoms with Crippen LogP contribution in [0.5, 0.6) is 0 Å². The van der Waals surface area contributed by atoms with Gasteiger partial charge in [0.15, 0.2) is 9.84 Å². The summed E-state index contributed by atoms with van der Waals surface area (Å²) in [6, 6.07) is 2.17. The molecule has 1 aliphatic carbocycles. The normalized spacial score (nSPS) is 26.4. The van der Waals surface area contributed by atoms with Gasteiger partial charge in [0.1, 0.15) is 17.8 Å². The fraction of sp³-hybridized carbons (Fsp3) is 0.647. The van der Waals surface area contributed by atoms with E-state index in [4.69, 9.17) is 0 Å². The molecule has 0 amide bonds. The van der Waals surface area contributed by atoms with Gasteiger partial charge in [-0.3, -0.25) is 0 Å². The van der Waals surface area contributed by atoms with Crippen molar-refractivity contribution in [1.29, 1.82) is 0 Å². The average Bonchev–Trinajstić information content (AvgIpc) is 3.25. The summed E-state index contributed by atoms with van der Waals surface area (Å²) in [6.07, 6.45) is 6.46. The van der Waals surface area contributed by atoms with Crippen LogP contribution in [-0.2, 0) is 19.9 Å². The number of fused-ring (bicyclic) bond motifs is 1. The molecule has 1 atom stereocenters. The number of aromatic amines is 1. The molecule has 11 heteroatoms. The van der Waals surface area contributed by atoms with Crippen molar-refractivity contribution in [3.8, 4) is 0 Å². The zero-order valence-electron chi connectivity index (χ0n) is 15.9. The van der Waals surface area contributed by atoms with E-state index in [-0.39, 0.29) is 24.3 Å². The molecule has 28 heavy (non-hydrogen) atoms. The van der Waals surface area contributed by atoms with Gasteiger partial charge in [0.05, 0.1) is 16.4 Å². The molecule has 1 aliphatic heterocycles. The van der Waals surface area contributed by atoms with Crippen molar-refractivity contribution in [1.82, 2.24) is 19.3 Å². The van der Waals surface area contributed by atoms with E-state index in [9.17, 15) is 16.8 Å². The van der Waals surface area contributed by atoms with Gasteiger partial charge in [-0.1, -0.05) is 0 Å². The Labute approximate surface area is 165 Å². The zero-order chi connectivity index (χ0) is 20.1. The molecule has 154 valence electrons. The monoisotopic (exact) mass is 427 g/mol. The van der Waals surface area contributed by atoms with Crippen LogP contribution >= 0.6 is 0 Å². The van der Waals surface area contributed by atoms with Crippen molar-refractivity contribution < 1.29 is 16.8 Å². The SMILES string of the molecule is CN(c1ncnc2[nH]ccc12)[C@H]1C[C@@H](CS(=O)(=O)N2CCC(S(C)(=O)=O)C2)C1. The van der Waals surface area contributed by atoms with Crippen molar-refractivity contribution in [3.05, 3.63) is 18.6 Å². The molecular weight excluding hydrogens is 402 g/mol. The Morgan fingerprint density at radius 1 is 1.25 bits per heavy atom. The smallest absolute Gasteiger partial charge is 0.214 e. The van der Waals surface area contributed by atoms with E-state index < -0.39 is 25.1 Å². The third-order valence-electron chi connectivity index (χ3n) is 5.98. The summed E-state index contributed by atoms with van der Waals surface area (Å²) in [5.41, 5.74) is 0.782. The number of H-pyrrole nitrogens is 1. The Morgan fingerprint density at radius 3 is 2.68 bits per heavy atom. The molecule has 0 aromatic carbocycles. The largest absolute Gasteiger partial charge is 0.356 e. The number of hydrogen-bond acceptors (Lipinski definition) is 7. The van der Waals surface area contributed by atoms with E-state index in [1.807, 2.05) is 19.3 Å². The number of sulfonamides is 1. The van der Waals surface area contributed by atoms with Crippen LogP contribution in [0.15, 0.2) is 18.6 Å². The molecule has 9 nitrogen and oxygen atoms in total. The maximum atomic E-state index is 12.7. The lowest BCUT2D eigenvalue weighted by Gasteiger charge is -2.42. The highest BCUT2D eigenvalue weighted by Gasteiger charge is 2.41. The molecule has 1 unspecified atom stereocenters. The fourth-order valence-electron chi connectivity index (χ4n) is 4.17. The van der Waals surface area contributed by atoms with Gasteiger partial charge in [-0.05, 0) is 31.2 Å². The third-order valence-corrected chi connectivity index (χ3v) is 9.59. The van der Waals surface area contributed by atoms with Crippen molar-refractivity contribution >= 4 is 36.7 Å². The molecule has 0 spiro atoms. The molecule has 2 aliphatic rings. The van der Waals surface area contributed by atoms with Crippen molar-refractivity contribution in [3.63, 3.8) is 0 Å². The topological polar surface area (TPSA) is 116 Å². The molecule has 1 N–H and O–H groups in total. The van der Waals surface area contributed by atoms with Crippen molar-refractivity contribution in [2.45, 2.75) is 30.6 Å². The van der Waals surface area contributed by atoms with Gasteiger partial charge in [-0.25, -0.2) is 31.1 Å². The maximum Gasteiger partial charge on any atom is 0.214 e. The number of rotatable bonds is 6. The molecule has 1 saturated carbocycles. The quantitative estimate of drug-likeness (QED) is 0.718. The second-order valence-corrected chi connectivity index (χ2v) is 12.3. The van der Waals surface area contributed by atoms with Crippen molar-refractivity contribution in [2.75, 3.05) is 37.0 Å². The Morgan fingerprint density at radius 2 is 2.00 bits per heavy atom. The molecule has 3 heterocycles. The van der Waals surface area contributed by atoms with Gasteiger partial charge in [-0.15, -0.1) is 0 Å². The Balaban J connectivity index is 1.36. The van der Waals surface area contributed by atoms with E-state index in [2.05, 4.69) is 19.9 Å². The summed E-state index contributed by atoms with van der Waals surface area (Å²) >= 11 is 0. The number of sulfone groups is 1. The minimum atomic E-state index is -3.43. The summed E-state index contributed by atoms with van der Waals surface area (Å²) in [6.45, 7) is 0.381. The predicted octanol–water partition coefficient (Wildman–Crippen LogP) is 0.621. The first-order chi connectivity index (χ1) is 13.1. The molecule has 2 fully saturated rings. The zero-order valence-corrected chi connectivity index (χ0v) is 17.6. The highest BCUT2D eigenvalue weighted by atomic mass is 32.2. The lowest BCUT2D eigenvalue weighted by molar-refractivity contribution is 0.279. The van der Waals surface area contributed by atoms with Gasteiger partial charge < -0.3 is 9.88 Å². The van der Waals surface area contributed by atoms with E-state index in [1.165, 1.54) is 16.9 Å². The molecule has 4 rings (SSSR count). The van der Waals surface area contributed by atoms with Crippen LogP contribution < -0.4 is 4.90 Å². The first-order valence-corrected chi connectivity index (χ1v) is 12.9. The number of nitrogens with one attached hydrogen (secondary N) is 1. The fourth-order valence-corrected chi connectivity index (χ4v) is 7.12. The van der Waals surface area contributed by atoms with E-state index in [0.717, 1.165) is 29.7 Å². The second kappa shape index (κ2) is 6.96. The van der Waals surface area contributed by atoms with Crippen LogP contribution in [-0.4, -0.2) is 79.5 Å². The summed E-state index contributed by atoms with van der Waals surface area (Å²) in [5.74, 6) is 1.00. The lowest BCUT2D eigenvalue weighted by Crippen LogP contribution is -2.47. The second-order valence-electron chi connectivity index (χ2n) is 7.92. The maximum absolute atomic E-state index is 12.7. The first kappa shape index (κ1) is 19.6. The van der Waals surface area contributed by atoms with Gasteiger partial charge >= 0.3 is 0 Å². The minimum absolute atomic E-state index is 0.0805. The molecular formula is C17H25N5O4S2. The third kappa shape index (κ3) is 3.62. The van der Waals surface area contributed by atoms with E-state index >= 15 is 0 Å². The number of aromatic nitrogens is 3. The molecule has 2 aromatic rings. The van der Waals surface area contributed by atoms with Crippen LogP contribution in [0.2, 0.25) is 0 Å². The Bertz CT molecular complexity index is 1080. The molecule has 2 aromatic heterocycles. The van der Waals surface area contributed by atoms with E-state index in [1.54, 1.807) is 0 Å². The molecule has 0 radical (unpaired) electrons. The predicted molar refractivity (Wildman–Crippen MR) is 107 cm³/mol. The van der Waals surface area contributed by atoms with Crippen LogP contribution in [0.1, 0.15) is 19.3 Å². The Hall–Kier alpha value is -1.72. The molecule has 0 bridgehead atoms. The number of nitrogens with zero attached hydrogens (tertiary/aromatic N) is 4. The van der Waals surface area contributed by atoms with Crippen LogP contribution in [0.25, 0.3) is 11.0 Å². The average molecular weight is 428 g/mol. The molecule has 1 saturated heterocycles. The lowest BCUT2D eigenvalue weighted by atomic mass is 9.81. The summed E-state index contributed by atoms with van der Waals surface area (Å²) in [4.78, 5) is 13.7.